The Bertz CT molecular complexity index is 708. The summed E-state index contributed by atoms with van der Waals surface area (Å²) in [4.78, 5) is 13.9. The number of aryl methyl sites for hydroxylation is 1. The average Bonchev–Trinajstić information content (AvgIpc) is 2.80. The number of nitrogens with zero attached hydrogens (tertiary/aromatic N) is 4. The molecule has 2 rings (SSSR count). The number of carbonyl (C=O) groups excluding carboxylic acids is 1. The normalized spacial score (nSPS) is 18.0. The third-order valence-electron chi connectivity index (χ3n) is 3.58. The summed E-state index contributed by atoms with van der Waals surface area (Å²) in [5, 5.41) is 7.30. The first kappa shape index (κ1) is 17.6. The highest BCUT2D eigenvalue weighted by molar-refractivity contribution is 7.91. The molecular weight excluding hydrogens is 320 g/mol. The van der Waals surface area contributed by atoms with E-state index in [9.17, 15) is 13.2 Å². The minimum Gasteiger partial charge on any atom is -0.372 e. The number of amides is 1. The Kier molecular flexibility index (Phi) is 4.90. The van der Waals surface area contributed by atoms with Crippen LogP contribution in [0.15, 0.2) is 17.8 Å². The van der Waals surface area contributed by atoms with Gasteiger partial charge in [-0.2, -0.15) is 0 Å². The summed E-state index contributed by atoms with van der Waals surface area (Å²) in [5.74, 6) is -0.617. The lowest BCUT2D eigenvalue weighted by Crippen LogP contribution is -2.52. The quantitative estimate of drug-likeness (QED) is 0.709. The molecule has 0 N–H and O–H groups in total. The minimum atomic E-state index is -3.87. The predicted molar refractivity (Wildman–Crippen MR) is 83.6 cm³/mol. The van der Waals surface area contributed by atoms with Crippen molar-refractivity contribution in [2.75, 3.05) is 25.4 Å². The van der Waals surface area contributed by atoms with Crippen LogP contribution in [0.5, 0.6) is 0 Å². The number of carbonyl (C=O) groups is 1. The van der Waals surface area contributed by atoms with E-state index in [1.54, 1.807) is 13.0 Å². The highest BCUT2D eigenvalue weighted by Crippen LogP contribution is 2.18. The average molecular weight is 342 g/mol. The number of aromatic nitrogens is 3. The van der Waals surface area contributed by atoms with Crippen molar-refractivity contribution in [2.45, 2.75) is 38.1 Å². The molecule has 1 aromatic rings. The smallest absolute Gasteiger partial charge is 0.250 e. The first-order valence-corrected chi connectivity index (χ1v) is 8.97. The molecule has 1 amide bonds. The van der Waals surface area contributed by atoms with E-state index in [0.717, 1.165) is 0 Å². The van der Waals surface area contributed by atoms with Crippen molar-refractivity contribution in [2.24, 2.45) is 0 Å². The highest BCUT2D eigenvalue weighted by Gasteiger charge is 2.33. The van der Waals surface area contributed by atoms with Crippen LogP contribution in [0, 0.1) is 6.92 Å². The molecule has 0 aliphatic carbocycles. The maximum atomic E-state index is 12.5. The fourth-order valence-electron chi connectivity index (χ4n) is 2.48. The fraction of sp³-hybridized carbons (Fsp3) is 0.643. The van der Waals surface area contributed by atoms with Crippen LogP contribution in [0.4, 0.5) is 0 Å². The van der Waals surface area contributed by atoms with Gasteiger partial charge in [0.2, 0.25) is 15.7 Å². The van der Waals surface area contributed by atoms with Gasteiger partial charge in [-0.1, -0.05) is 6.08 Å². The van der Waals surface area contributed by atoms with Crippen LogP contribution < -0.4 is 0 Å². The van der Waals surface area contributed by atoms with Gasteiger partial charge in [-0.15, -0.1) is 16.8 Å². The van der Waals surface area contributed by atoms with Gasteiger partial charge in [-0.3, -0.25) is 9.36 Å². The first-order valence-electron chi connectivity index (χ1n) is 7.31. The van der Waals surface area contributed by atoms with Crippen molar-refractivity contribution in [3.63, 3.8) is 0 Å². The fourth-order valence-corrected chi connectivity index (χ4v) is 3.82. The number of ether oxygens (including phenoxy) is 1. The second-order valence-corrected chi connectivity index (χ2v) is 7.99. The Morgan fingerprint density at radius 3 is 2.74 bits per heavy atom. The number of hydrogen-bond acceptors (Lipinski definition) is 6. The lowest BCUT2D eigenvalue weighted by atomic mass is 10.1. The Labute approximate surface area is 136 Å². The summed E-state index contributed by atoms with van der Waals surface area (Å²) < 4.78 is 32.0. The van der Waals surface area contributed by atoms with Gasteiger partial charge in [0, 0.05) is 19.6 Å². The zero-order valence-corrected chi connectivity index (χ0v) is 14.5. The molecule has 0 radical (unpaired) electrons. The Morgan fingerprint density at radius 1 is 1.43 bits per heavy atom. The number of sulfone groups is 1. The molecule has 1 saturated heterocycles. The van der Waals surface area contributed by atoms with Crippen LogP contribution in [-0.4, -0.2) is 65.0 Å². The molecule has 1 aliphatic rings. The van der Waals surface area contributed by atoms with E-state index >= 15 is 0 Å². The van der Waals surface area contributed by atoms with E-state index in [4.69, 9.17) is 4.74 Å². The molecule has 1 fully saturated rings. The van der Waals surface area contributed by atoms with Gasteiger partial charge in [0.25, 0.3) is 5.16 Å². The molecule has 128 valence electrons. The predicted octanol–water partition coefficient (Wildman–Crippen LogP) is 0.184. The maximum Gasteiger partial charge on any atom is 0.250 e. The number of rotatable bonds is 5. The van der Waals surface area contributed by atoms with E-state index in [2.05, 4.69) is 16.8 Å². The van der Waals surface area contributed by atoms with E-state index in [1.165, 1.54) is 9.47 Å². The summed E-state index contributed by atoms with van der Waals surface area (Å²) in [6.45, 7) is 10.4. The van der Waals surface area contributed by atoms with Crippen LogP contribution in [0.3, 0.4) is 0 Å². The van der Waals surface area contributed by atoms with Crippen LogP contribution in [0.25, 0.3) is 0 Å². The summed E-state index contributed by atoms with van der Waals surface area (Å²) >= 11 is 0. The number of morpholine rings is 1. The lowest BCUT2D eigenvalue weighted by Gasteiger charge is -2.38. The minimum absolute atomic E-state index is 0.198. The van der Waals surface area contributed by atoms with Gasteiger partial charge in [-0.25, -0.2) is 8.42 Å². The Morgan fingerprint density at radius 2 is 2.13 bits per heavy atom. The van der Waals surface area contributed by atoms with Gasteiger partial charge in [0.1, 0.15) is 11.6 Å². The molecule has 0 atom stereocenters. The first-order chi connectivity index (χ1) is 10.7. The van der Waals surface area contributed by atoms with Gasteiger partial charge in [-0.05, 0) is 20.8 Å². The molecule has 0 aromatic carbocycles. The lowest BCUT2D eigenvalue weighted by molar-refractivity contribution is -0.143. The van der Waals surface area contributed by atoms with Crippen LogP contribution in [0.1, 0.15) is 19.7 Å². The molecule has 8 nitrogen and oxygen atoms in total. The Hall–Kier alpha value is -1.74. The molecule has 2 heterocycles. The largest absolute Gasteiger partial charge is 0.372 e. The summed E-state index contributed by atoms with van der Waals surface area (Å²) in [6.07, 6.45) is 1.56. The number of hydrogen-bond donors (Lipinski definition) is 0. The van der Waals surface area contributed by atoms with Gasteiger partial charge in [0.15, 0.2) is 0 Å². The third kappa shape index (κ3) is 3.97. The molecule has 1 aliphatic heterocycles. The SMILES string of the molecule is C=CCn1c(C)nnc1S(=O)(=O)CC(=O)N1CCOC(C)(C)C1. The number of allylic oxidation sites excluding steroid dienone is 1. The second-order valence-electron chi connectivity index (χ2n) is 6.11. The molecular formula is C14H22N4O4S. The summed E-state index contributed by atoms with van der Waals surface area (Å²) in [7, 11) is -3.87. The standard InChI is InChI=1S/C14H22N4O4S/c1-5-6-18-11(2)15-16-13(18)23(20,21)9-12(19)17-7-8-22-14(3,4)10-17/h5H,1,6-10H2,2-4H3. The Balaban J connectivity index is 2.18. The summed E-state index contributed by atoms with van der Waals surface area (Å²) in [6, 6.07) is 0. The molecule has 0 bridgehead atoms. The van der Waals surface area contributed by atoms with E-state index in [-0.39, 0.29) is 11.7 Å². The van der Waals surface area contributed by atoms with Crippen molar-refractivity contribution in [3.05, 3.63) is 18.5 Å². The zero-order valence-electron chi connectivity index (χ0n) is 13.7. The molecule has 0 spiro atoms. The van der Waals surface area contributed by atoms with Gasteiger partial charge < -0.3 is 9.64 Å². The molecule has 0 saturated carbocycles. The summed E-state index contributed by atoms with van der Waals surface area (Å²) in [5.41, 5.74) is -0.475. The van der Waals surface area contributed by atoms with Crippen LogP contribution in [-0.2, 0) is 25.9 Å². The van der Waals surface area contributed by atoms with E-state index in [0.29, 0.717) is 25.5 Å². The van der Waals surface area contributed by atoms with Crippen LogP contribution >= 0.6 is 0 Å². The second kappa shape index (κ2) is 6.40. The molecule has 1 aromatic heterocycles. The monoisotopic (exact) mass is 342 g/mol. The van der Waals surface area contributed by atoms with Crippen molar-refractivity contribution in [3.8, 4) is 0 Å². The molecule has 23 heavy (non-hydrogen) atoms. The maximum absolute atomic E-state index is 12.5. The van der Waals surface area contributed by atoms with E-state index < -0.39 is 27.1 Å². The third-order valence-corrected chi connectivity index (χ3v) is 5.07. The molecule has 0 unspecified atom stereocenters. The van der Waals surface area contributed by atoms with E-state index in [1.807, 2.05) is 13.8 Å². The van der Waals surface area contributed by atoms with Gasteiger partial charge in [0.05, 0.1) is 12.2 Å². The van der Waals surface area contributed by atoms with Crippen molar-refractivity contribution < 1.29 is 17.9 Å². The van der Waals surface area contributed by atoms with Crippen molar-refractivity contribution in [1.29, 1.82) is 0 Å². The van der Waals surface area contributed by atoms with Crippen molar-refractivity contribution in [1.82, 2.24) is 19.7 Å². The molecule has 9 heteroatoms. The van der Waals surface area contributed by atoms with Crippen LogP contribution in [0.2, 0.25) is 0 Å². The topological polar surface area (TPSA) is 94.4 Å². The highest BCUT2D eigenvalue weighted by atomic mass is 32.2. The van der Waals surface area contributed by atoms with Crippen molar-refractivity contribution >= 4 is 15.7 Å². The zero-order chi connectivity index (χ0) is 17.3. The van der Waals surface area contributed by atoms with Gasteiger partial charge >= 0.3 is 0 Å².